The molecule has 2 aliphatic carbocycles. The van der Waals surface area contributed by atoms with Crippen molar-refractivity contribution in [1.29, 1.82) is 0 Å². The first-order valence-corrected chi connectivity index (χ1v) is 6.63. The van der Waals surface area contributed by atoms with Gasteiger partial charge >= 0.3 is 0 Å². The van der Waals surface area contributed by atoms with E-state index in [1.807, 2.05) is 11.9 Å². The molecular weight excluding hydrogens is 202 g/mol. The average Bonchev–Trinajstić information content (AvgIpc) is 2.75. The van der Waals surface area contributed by atoms with Crippen LogP contribution < -0.4 is 0 Å². The van der Waals surface area contributed by atoms with Crippen LogP contribution in [0.3, 0.4) is 0 Å². The van der Waals surface area contributed by atoms with Crippen LogP contribution in [-0.2, 0) is 4.79 Å². The van der Waals surface area contributed by atoms with Gasteiger partial charge in [-0.3, -0.25) is 4.79 Å². The number of carbonyl (C=O) groups excluding carboxylic acids is 1. The van der Waals surface area contributed by atoms with Crippen LogP contribution in [-0.4, -0.2) is 35.1 Å². The Hall–Kier alpha value is -0.570. The van der Waals surface area contributed by atoms with E-state index < -0.39 is 0 Å². The molecule has 3 heteroatoms. The van der Waals surface area contributed by atoms with Crippen molar-refractivity contribution >= 4 is 5.91 Å². The molecule has 0 saturated heterocycles. The number of carbonyl (C=O) groups is 1. The molecule has 2 rings (SSSR count). The summed E-state index contributed by atoms with van der Waals surface area (Å²) in [5.74, 6) is 0.352. The first kappa shape index (κ1) is 11.9. The van der Waals surface area contributed by atoms with Gasteiger partial charge in [0.1, 0.15) is 0 Å². The SMILES string of the molecule is CN(C(=O)[C@@H]1CC[C@H](O)C1)C1CCCCC1. The van der Waals surface area contributed by atoms with Crippen LogP contribution in [0.2, 0.25) is 0 Å². The maximum Gasteiger partial charge on any atom is 0.225 e. The van der Waals surface area contributed by atoms with Crippen molar-refractivity contribution in [1.82, 2.24) is 4.90 Å². The quantitative estimate of drug-likeness (QED) is 0.780. The third kappa shape index (κ3) is 2.57. The second-order valence-electron chi connectivity index (χ2n) is 5.40. The number of amides is 1. The van der Waals surface area contributed by atoms with Crippen LogP contribution in [0.5, 0.6) is 0 Å². The molecule has 2 saturated carbocycles. The Labute approximate surface area is 97.8 Å². The lowest BCUT2D eigenvalue weighted by Gasteiger charge is -2.33. The Morgan fingerprint density at radius 1 is 1.12 bits per heavy atom. The Morgan fingerprint density at radius 3 is 2.38 bits per heavy atom. The molecule has 3 nitrogen and oxygen atoms in total. The highest BCUT2D eigenvalue weighted by molar-refractivity contribution is 5.79. The maximum atomic E-state index is 12.2. The van der Waals surface area contributed by atoms with Gasteiger partial charge in [-0.1, -0.05) is 19.3 Å². The molecule has 0 spiro atoms. The minimum atomic E-state index is -0.242. The summed E-state index contributed by atoms with van der Waals surface area (Å²) in [7, 11) is 1.95. The zero-order valence-corrected chi connectivity index (χ0v) is 10.2. The average molecular weight is 225 g/mol. The van der Waals surface area contributed by atoms with Gasteiger partial charge in [-0.2, -0.15) is 0 Å². The smallest absolute Gasteiger partial charge is 0.225 e. The van der Waals surface area contributed by atoms with Crippen molar-refractivity contribution in [3.63, 3.8) is 0 Å². The van der Waals surface area contributed by atoms with Crippen LogP contribution in [0.15, 0.2) is 0 Å². The maximum absolute atomic E-state index is 12.2. The van der Waals surface area contributed by atoms with Crippen molar-refractivity contribution in [3.8, 4) is 0 Å². The van der Waals surface area contributed by atoms with Crippen molar-refractivity contribution in [2.24, 2.45) is 5.92 Å². The van der Waals surface area contributed by atoms with Gasteiger partial charge in [0.2, 0.25) is 5.91 Å². The topological polar surface area (TPSA) is 40.5 Å². The third-order valence-electron chi connectivity index (χ3n) is 4.22. The van der Waals surface area contributed by atoms with E-state index in [0.29, 0.717) is 12.5 Å². The largest absolute Gasteiger partial charge is 0.393 e. The van der Waals surface area contributed by atoms with E-state index in [9.17, 15) is 9.90 Å². The van der Waals surface area contributed by atoms with Gasteiger partial charge in [-0.25, -0.2) is 0 Å². The Balaban J connectivity index is 1.88. The van der Waals surface area contributed by atoms with E-state index in [-0.39, 0.29) is 17.9 Å². The molecule has 0 radical (unpaired) electrons. The molecule has 0 unspecified atom stereocenters. The first-order chi connectivity index (χ1) is 7.68. The lowest BCUT2D eigenvalue weighted by molar-refractivity contribution is -0.137. The van der Waals surface area contributed by atoms with E-state index >= 15 is 0 Å². The van der Waals surface area contributed by atoms with Gasteiger partial charge < -0.3 is 10.0 Å². The molecule has 2 aliphatic rings. The number of rotatable bonds is 2. The molecule has 16 heavy (non-hydrogen) atoms. The molecule has 92 valence electrons. The van der Waals surface area contributed by atoms with Gasteiger partial charge in [0.05, 0.1) is 6.10 Å². The molecule has 1 N–H and O–H groups in total. The van der Waals surface area contributed by atoms with E-state index in [4.69, 9.17) is 0 Å². The highest BCUT2D eigenvalue weighted by Crippen LogP contribution is 2.29. The number of nitrogens with zero attached hydrogens (tertiary/aromatic N) is 1. The number of hydrogen-bond donors (Lipinski definition) is 1. The van der Waals surface area contributed by atoms with Crippen molar-refractivity contribution < 1.29 is 9.90 Å². The second kappa shape index (κ2) is 5.17. The summed E-state index contributed by atoms with van der Waals surface area (Å²) < 4.78 is 0. The first-order valence-electron chi connectivity index (χ1n) is 6.63. The van der Waals surface area contributed by atoms with Crippen LogP contribution in [0, 0.1) is 5.92 Å². The van der Waals surface area contributed by atoms with E-state index in [1.54, 1.807) is 0 Å². The molecular formula is C13H23NO2. The Bertz CT molecular complexity index is 248. The fourth-order valence-electron chi connectivity index (χ4n) is 3.12. The van der Waals surface area contributed by atoms with Gasteiger partial charge in [0.25, 0.3) is 0 Å². The molecule has 0 aromatic heterocycles. The predicted molar refractivity (Wildman–Crippen MR) is 63.0 cm³/mol. The number of aliphatic hydroxyl groups is 1. The fourth-order valence-corrected chi connectivity index (χ4v) is 3.12. The minimum Gasteiger partial charge on any atom is -0.393 e. The summed E-state index contributed by atoms with van der Waals surface area (Å²) in [6.07, 6.45) is 8.27. The standard InChI is InChI=1S/C13H23NO2/c1-14(11-5-3-2-4-6-11)13(16)10-7-8-12(15)9-10/h10-12,15H,2-9H2,1H3/t10-,12+/m1/s1. The molecule has 2 atom stereocenters. The van der Waals surface area contributed by atoms with Crippen LogP contribution in [0.1, 0.15) is 51.4 Å². The molecule has 0 heterocycles. The molecule has 1 amide bonds. The lowest BCUT2D eigenvalue weighted by Crippen LogP contribution is -2.41. The third-order valence-corrected chi connectivity index (χ3v) is 4.22. The predicted octanol–water partition coefficient (Wildman–Crippen LogP) is 1.94. The van der Waals surface area contributed by atoms with E-state index in [1.165, 1.54) is 19.3 Å². The Morgan fingerprint density at radius 2 is 1.81 bits per heavy atom. The monoisotopic (exact) mass is 225 g/mol. The molecule has 0 aliphatic heterocycles. The summed E-state index contributed by atoms with van der Waals surface area (Å²) in [4.78, 5) is 14.2. The van der Waals surface area contributed by atoms with Crippen LogP contribution in [0.25, 0.3) is 0 Å². The van der Waals surface area contributed by atoms with Gasteiger partial charge in [-0.05, 0) is 32.1 Å². The summed E-state index contributed by atoms with van der Waals surface area (Å²) in [5, 5.41) is 9.47. The lowest BCUT2D eigenvalue weighted by atomic mass is 9.93. The van der Waals surface area contributed by atoms with Crippen molar-refractivity contribution in [2.75, 3.05) is 7.05 Å². The van der Waals surface area contributed by atoms with E-state index in [0.717, 1.165) is 25.7 Å². The highest BCUT2D eigenvalue weighted by Gasteiger charge is 2.33. The summed E-state index contributed by atoms with van der Waals surface area (Å²) in [5.41, 5.74) is 0. The van der Waals surface area contributed by atoms with Crippen molar-refractivity contribution in [3.05, 3.63) is 0 Å². The van der Waals surface area contributed by atoms with Gasteiger partial charge in [-0.15, -0.1) is 0 Å². The normalized spacial score (nSPS) is 31.6. The Kier molecular flexibility index (Phi) is 3.85. The zero-order valence-electron chi connectivity index (χ0n) is 10.2. The molecule has 0 aromatic carbocycles. The van der Waals surface area contributed by atoms with Crippen LogP contribution in [0.4, 0.5) is 0 Å². The van der Waals surface area contributed by atoms with Gasteiger partial charge in [0, 0.05) is 19.0 Å². The summed E-state index contributed by atoms with van der Waals surface area (Å²) >= 11 is 0. The zero-order chi connectivity index (χ0) is 11.5. The second-order valence-corrected chi connectivity index (χ2v) is 5.40. The summed E-state index contributed by atoms with van der Waals surface area (Å²) in [6, 6.07) is 0.457. The van der Waals surface area contributed by atoms with Gasteiger partial charge in [0.15, 0.2) is 0 Å². The van der Waals surface area contributed by atoms with Crippen molar-refractivity contribution in [2.45, 2.75) is 63.5 Å². The van der Waals surface area contributed by atoms with E-state index in [2.05, 4.69) is 0 Å². The number of aliphatic hydroxyl groups excluding tert-OH is 1. The fraction of sp³-hybridized carbons (Fsp3) is 0.923. The molecule has 2 fully saturated rings. The van der Waals surface area contributed by atoms with Crippen LogP contribution >= 0.6 is 0 Å². The number of hydrogen-bond acceptors (Lipinski definition) is 2. The minimum absolute atomic E-state index is 0.0851. The summed E-state index contributed by atoms with van der Waals surface area (Å²) in [6.45, 7) is 0. The molecule has 0 bridgehead atoms. The molecule has 0 aromatic rings. The highest BCUT2D eigenvalue weighted by atomic mass is 16.3.